The molecule has 0 radical (unpaired) electrons. The second-order valence-corrected chi connectivity index (χ2v) is 5.62. The highest BCUT2D eigenvalue weighted by Crippen LogP contribution is 2.38. The second-order valence-electron chi connectivity index (χ2n) is 5.62. The van der Waals surface area contributed by atoms with Gasteiger partial charge in [-0.1, -0.05) is 12.1 Å². The zero-order chi connectivity index (χ0) is 19.6. The van der Waals surface area contributed by atoms with E-state index in [1.165, 1.54) is 27.4 Å². The molecule has 27 heavy (non-hydrogen) atoms. The molecule has 0 aliphatic heterocycles. The molecular formula is C21H24O6. The van der Waals surface area contributed by atoms with Crippen LogP contribution in [0.15, 0.2) is 42.5 Å². The first kappa shape index (κ1) is 20.2. The van der Waals surface area contributed by atoms with E-state index in [1.54, 1.807) is 18.2 Å². The van der Waals surface area contributed by atoms with Gasteiger partial charge < -0.3 is 23.7 Å². The Bertz CT molecular complexity index is 772. The van der Waals surface area contributed by atoms with E-state index in [0.717, 1.165) is 16.9 Å². The van der Waals surface area contributed by atoms with Crippen molar-refractivity contribution in [2.75, 3.05) is 34.5 Å². The standard InChI is InChI=1S/C21H24O6/c1-15-6-5-7-17(12-15)26-10-11-27-20(22)9-8-16-13-18(23-2)21(25-4)19(14-16)24-3/h5-9,12-14H,10-11H2,1-4H3/b9-8+. The molecule has 0 bridgehead atoms. The number of hydrogen-bond donors (Lipinski definition) is 0. The third-order valence-corrected chi connectivity index (χ3v) is 3.68. The van der Waals surface area contributed by atoms with Crippen LogP contribution >= 0.6 is 0 Å². The number of rotatable bonds is 9. The summed E-state index contributed by atoms with van der Waals surface area (Å²) in [6.07, 6.45) is 2.96. The Balaban J connectivity index is 1.88. The Labute approximate surface area is 159 Å². The Morgan fingerprint density at radius 3 is 2.26 bits per heavy atom. The lowest BCUT2D eigenvalue weighted by Crippen LogP contribution is -2.10. The van der Waals surface area contributed by atoms with Gasteiger partial charge in [0.1, 0.15) is 19.0 Å². The summed E-state index contributed by atoms with van der Waals surface area (Å²) in [6, 6.07) is 11.2. The molecule has 0 aromatic heterocycles. The fourth-order valence-electron chi connectivity index (χ4n) is 2.42. The normalized spacial score (nSPS) is 10.5. The molecule has 2 aromatic rings. The van der Waals surface area contributed by atoms with Gasteiger partial charge in [0, 0.05) is 6.08 Å². The molecule has 0 amide bonds. The molecule has 0 heterocycles. The molecule has 0 saturated carbocycles. The summed E-state index contributed by atoms with van der Waals surface area (Å²) in [5.41, 5.74) is 1.83. The third-order valence-electron chi connectivity index (χ3n) is 3.68. The van der Waals surface area contributed by atoms with Gasteiger partial charge in [-0.15, -0.1) is 0 Å². The number of benzene rings is 2. The molecule has 144 valence electrons. The molecule has 0 aliphatic rings. The van der Waals surface area contributed by atoms with E-state index in [0.29, 0.717) is 17.2 Å². The van der Waals surface area contributed by atoms with Gasteiger partial charge in [0.2, 0.25) is 5.75 Å². The highest BCUT2D eigenvalue weighted by atomic mass is 16.6. The maximum absolute atomic E-state index is 11.9. The van der Waals surface area contributed by atoms with Crippen LogP contribution in [0, 0.1) is 6.92 Å². The third kappa shape index (κ3) is 5.95. The van der Waals surface area contributed by atoms with Gasteiger partial charge in [-0.2, -0.15) is 0 Å². The van der Waals surface area contributed by atoms with Crippen molar-refractivity contribution in [1.82, 2.24) is 0 Å². The van der Waals surface area contributed by atoms with E-state index >= 15 is 0 Å². The molecule has 0 spiro atoms. The fraction of sp³-hybridized carbons (Fsp3) is 0.286. The topological polar surface area (TPSA) is 63.2 Å². The van der Waals surface area contributed by atoms with Gasteiger partial charge in [0.25, 0.3) is 0 Å². The maximum atomic E-state index is 11.9. The highest BCUT2D eigenvalue weighted by molar-refractivity contribution is 5.87. The fourth-order valence-corrected chi connectivity index (χ4v) is 2.42. The lowest BCUT2D eigenvalue weighted by Gasteiger charge is -2.12. The molecule has 0 saturated heterocycles. The first-order valence-electron chi connectivity index (χ1n) is 8.41. The van der Waals surface area contributed by atoms with Crippen molar-refractivity contribution in [3.8, 4) is 23.0 Å². The SMILES string of the molecule is COc1cc(/C=C/C(=O)OCCOc2cccc(C)c2)cc(OC)c1OC. The molecule has 0 unspecified atom stereocenters. The summed E-state index contributed by atoms with van der Waals surface area (Å²) in [5.74, 6) is 1.80. The minimum absolute atomic E-state index is 0.159. The smallest absolute Gasteiger partial charge is 0.330 e. The summed E-state index contributed by atoms with van der Waals surface area (Å²) in [6.45, 7) is 2.43. The molecule has 0 atom stereocenters. The van der Waals surface area contributed by atoms with Crippen LogP contribution in [0.2, 0.25) is 0 Å². The molecule has 0 aliphatic carbocycles. The van der Waals surface area contributed by atoms with E-state index in [4.69, 9.17) is 23.7 Å². The first-order valence-corrected chi connectivity index (χ1v) is 8.41. The lowest BCUT2D eigenvalue weighted by molar-refractivity contribution is -0.138. The number of ether oxygens (including phenoxy) is 5. The molecule has 6 heteroatoms. The quantitative estimate of drug-likeness (QED) is 0.380. The van der Waals surface area contributed by atoms with Crippen LogP contribution in [0.1, 0.15) is 11.1 Å². The zero-order valence-electron chi connectivity index (χ0n) is 16.0. The number of hydrogen-bond acceptors (Lipinski definition) is 6. The first-order chi connectivity index (χ1) is 13.1. The Morgan fingerprint density at radius 2 is 1.67 bits per heavy atom. The second kappa shape index (κ2) is 10.1. The van der Waals surface area contributed by atoms with Gasteiger partial charge in [-0.25, -0.2) is 4.79 Å². The molecule has 6 nitrogen and oxygen atoms in total. The average molecular weight is 372 g/mol. The molecule has 0 N–H and O–H groups in total. The van der Waals surface area contributed by atoms with Crippen LogP contribution in [0.4, 0.5) is 0 Å². The van der Waals surface area contributed by atoms with Crippen molar-refractivity contribution in [2.24, 2.45) is 0 Å². The summed E-state index contributed by atoms with van der Waals surface area (Å²) in [5, 5.41) is 0. The van der Waals surface area contributed by atoms with E-state index < -0.39 is 5.97 Å². The summed E-state index contributed by atoms with van der Waals surface area (Å²) in [4.78, 5) is 11.9. The largest absolute Gasteiger partial charge is 0.493 e. The monoisotopic (exact) mass is 372 g/mol. The van der Waals surface area contributed by atoms with Crippen molar-refractivity contribution in [3.05, 3.63) is 53.6 Å². The van der Waals surface area contributed by atoms with Gasteiger partial charge in [-0.05, 0) is 48.4 Å². The molecule has 2 aromatic carbocycles. The molecule has 2 rings (SSSR count). The molecular weight excluding hydrogens is 348 g/mol. The van der Waals surface area contributed by atoms with Crippen molar-refractivity contribution in [3.63, 3.8) is 0 Å². The zero-order valence-corrected chi connectivity index (χ0v) is 16.0. The van der Waals surface area contributed by atoms with Gasteiger partial charge in [0.05, 0.1) is 21.3 Å². The summed E-state index contributed by atoms with van der Waals surface area (Å²) in [7, 11) is 4.60. The Hall–Kier alpha value is -3.15. The number of aryl methyl sites for hydroxylation is 1. The van der Waals surface area contributed by atoms with E-state index in [-0.39, 0.29) is 13.2 Å². The summed E-state index contributed by atoms with van der Waals surface area (Å²) >= 11 is 0. The number of methoxy groups -OCH3 is 3. The van der Waals surface area contributed by atoms with Gasteiger partial charge in [0.15, 0.2) is 11.5 Å². The highest BCUT2D eigenvalue weighted by Gasteiger charge is 2.12. The van der Waals surface area contributed by atoms with Crippen molar-refractivity contribution >= 4 is 12.0 Å². The molecule has 0 fully saturated rings. The average Bonchev–Trinajstić information content (AvgIpc) is 2.68. The van der Waals surface area contributed by atoms with Crippen LogP contribution in [0.3, 0.4) is 0 Å². The van der Waals surface area contributed by atoms with Crippen LogP contribution in [-0.4, -0.2) is 40.5 Å². The van der Waals surface area contributed by atoms with Crippen molar-refractivity contribution in [1.29, 1.82) is 0 Å². The van der Waals surface area contributed by atoms with Crippen LogP contribution < -0.4 is 18.9 Å². The number of carbonyl (C=O) groups is 1. The predicted octanol–water partition coefficient (Wildman–Crippen LogP) is 3.66. The number of carbonyl (C=O) groups excluding carboxylic acids is 1. The van der Waals surface area contributed by atoms with Crippen molar-refractivity contribution in [2.45, 2.75) is 6.92 Å². The number of esters is 1. The predicted molar refractivity (Wildman–Crippen MR) is 103 cm³/mol. The lowest BCUT2D eigenvalue weighted by atomic mass is 10.1. The minimum Gasteiger partial charge on any atom is -0.493 e. The van der Waals surface area contributed by atoms with E-state index in [1.807, 2.05) is 31.2 Å². The van der Waals surface area contributed by atoms with Crippen molar-refractivity contribution < 1.29 is 28.5 Å². The van der Waals surface area contributed by atoms with Gasteiger partial charge in [-0.3, -0.25) is 0 Å². The maximum Gasteiger partial charge on any atom is 0.330 e. The van der Waals surface area contributed by atoms with E-state index in [9.17, 15) is 4.79 Å². The Morgan fingerprint density at radius 1 is 0.963 bits per heavy atom. The van der Waals surface area contributed by atoms with Gasteiger partial charge >= 0.3 is 5.97 Å². The van der Waals surface area contributed by atoms with Crippen LogP contribution in [0.25, 0.3) is 6.08 Å². The Kier molecular flexibility index (Phi) is 7.55. The van der Waals surface area contributed by atoms with Crippen LogP contribution in [-0.2, 0) is 9.53 Å². The summed E-state index contributed by atoms with van der Waals surface area (Å²) < 4.78 is 26.5. The van der Waals surface area contributed by atoms with Crippen LogP contribution in [0.5, 0.6) is 23.0 Å². The minimum atomic E-state index is -0.461. The van der Waals surface area contributed by atoms with E-state index in [2.05, 4.69) is 0 Å².